The van der Waals surface area contributed by atoms with Gasteiger partial charge in [0.2, 0.25) is 0 Å². The molecule has 1 aromatic heterocycles. The summed E-state index contributed by atoms with van der Waals surface area (Å²) in [7, 11) is 0. The number of carbonyl (C=O) groups excluding carboxylic acids is 2. The lowest BCUT2D eigenvalue weighted by Gasteiger charge is -2.13. The van der Waals surface area contributed by atoms with Crippen LogP contribution in [0, 0.1) is 0 Å². The van der Waals surface area contributed by atoms with Gasteiger partial charge in [-0.15, -0.1) is 0 Å². The molecule has 1 aromatic carbocycles. The number of furan rings is 1. The highest BCUT2D eigenvalue weighted by molar-refractivity contribution is 6.39. The Morgan fingerprint density at radius 2 is 1.92 bits per heavy atom. The molecule has 2 aromatic rings. The van der Waals surface area contributed by atoms with E-state index in [1.807, 2.05) is 0 Å². The molecule has 5 nitrogen and oxygen atoms in total. The molecule has 0 saturated carbocycles. The SMILES string of the molecule is C[C@@H](Cc1ccco1)NC(=O)C(=O)Nc1cccc(C(F)(F)F)c1. The van der Waals surface area contributed by atoms with Gasteiger partial charge in [-0.3, -0.25) is 9.59 Å². The number of hydrogen-bond donors (Lipinski definition) is 2. The second-order valence-corrected chi connectivity index (χ2v) is 5.19. The molecule has 0 saturated heterocycles. The Kier molecular flexibility index (Phi) is 5.28. The van der Waals surface area contributed by atoms with Gasteiger partial charge >= 0.3 is 18.0 Å². The summed E-state index contributed by atoms with van der Waals surface area (Å²) >= 11 is 0. The summed E-state index contributed by atoms with van der Waals surface area (Å²) < 4.78 is 43.0. The number of nitrogens with one attached hydrogen (secondary N) is 2. The number of amides is 2. The Morgan fingerprint density at radius 1 is 1.17 bits per heavy atom. The average Bonchev–Trinajstić information content (AvgIpc) is 2.99. The highest BCUT2D eigenvalue weighted by Crippen LogP contribution is 2.30. The maximum Gasteiger partial charge on any atom is 0.416 e. The van der Waals surface area contributed by atoms with Gasteiger partial charge in [-0.1, -0.05) is 6.07 Å². The number of anilines is 1. The molecule has 0 unspecified atom stereocenters. The molecule has 128 valence electrons. The van der Waals surface area contributed by atoms with Crippen LogP contribution in [0.15, 0.2) is 47.1 Å². The largest absolute Gasteiger partial charge is 0.469 e. The summed E-state index contributed by atoms with van der Waals surface area (Å²) in [4.78, 5) is 23.6. The van der Waals surface area contributed by atoms with Crippen molar-refractivity contribution in [3.63, 3.8) is 0 Å². The predicted octanol–water partition coefficient (Wildman–Crippen LogP) is 2.98. The Hall–Kier alpha value is -2.77. The number of hydrogen-bond acceptors (Lipinski definition) is 3. The fourth-order valence-corrected chi connectivity index (χ4v) is 2.03. The van der Waals surface area contributed by atoms with Crippen LogP contribution < -0.4 is 10.6 Å². The van der Waals surface area contributed by atoms with Gasteiger partial charge in [-0.2, -0.15) is 13.2 Å². The third kappa shape index (κ3) is 4.87. The van der Waals surface area contributed by atoms with Crippen LogP contribution in [0.4, 0.5) is 18.9 Å². The van der Waals surface area contributed by atoms with Gasteiger partial charge in [0, 0.05) is 18.2 Å². The molecule has 0 radical (unpaired) electrons. The van der Waals surface area contributed by atoms with Gasteiger partial charge in [0.15, 0.2) is 0 Å². The van der Waals surface area contributed by atoms with E-state index < -0.39 is 23.6 Å². The fraction of sp³-hybridized carbons (Fsp3) is 0.250. The smallest absolute Gasteiger partial charge is 0.416 e. The van der Waals surface area contributed by atoms with Crippen molar-refractivity contribution in [1.29, 1.82) is 0 Å². The zero-order valence-electron chi connectivity index (χ0n) is 12.7. The molecule has 0 aliphatic heterocycles. The van der Waals surface area contributed by atoms with E-state index in [9.17, 15) is 22.8 Å². The van der Waals surface area contributed by atoms with Crippen molar-refractivity contribution in [3.05, 3.63) is 54.0 Å². The van der Waals surface area contributed by atoms with Crippen molar-refractivity contribution < 1.29 is 27.2 Å². The molecule has 0 aliphatic rings. The highest BCUT2D eigenvalue weighted by Gasteiger charge is 2.30. The van der Waals surface area contributed by atoms with Crippen LogP contribution in [-0.4, -0.2) is 17.9 Å². The molecule has 2 amide bonds. The molecular weight excluding hydrogens is 325 g/mol. The second kappa shape index (κ2) is 7.20. The number of benzene rings is 1. The fourth-order valence-electron chi connectivity index (χ4n) is 2.03. The lowest BCUT2D eigenvalue weighted by Crippen LogP contribution is -2.41. The maximum atomic E-state index is 12.6. The molecule has 2 rings (SSSR count). The molecule has 0 spiro atoms. The van der Waals surface area contributed by atoms with Crippen LogP contribution in [0.3, 0.4) is 0 Å². The van der Waals surface area contributed by atoms with Crippen molar-refractivity contribution in [2.45, 2.75) is 25.6 Å². The van der Waals surface area contributed by atoms with Gasteiger partial charge in [0.05, 0.1) is 11.8 Å². The third-order valence-electron chi connectivity index (χ3n) is 3.12. The van der Waals surface area contributed by atoms with Crippen molar-refractivity contribution in [2.75, 3.05) is 5.32 Å². The number of carbonyl (C=O) groups is 2. The van der Waals surface area contributed by atoms with Crippen molar-refractivity contribution in [3.8, 4) is 0 Å². The second-order valence-electron chi connectivity index (χ2n) is 5.19. The molecule has 2 N–H and O–H groups in total. The topological polar surface area (TPSA) is 71.3 Å². The minimum absolute atomic E-state index is 0.108. The summed E-state index contributed by atoms with van der Waals surface area (Å²) in [6.45, 7) is 1.68. The minimum Gasteiger partial charge on any atom is -0.469 e. The van der Waals surface area contributed by atoms with Gasteiger partial charge in [0.25, 0.3) is 0 Å². The van der Waals surface area contributed by atoms with Gasteiger partial charge in [-0.05, 0) is 37.3 Å². The maximum absolute atomic E-state index is 12.6. The molecule has 1 heterocycles. The van der Waals surface area contributed by atoms with E-state index in [4.69, 9.17) is 4.42 Å². The first-order valence-corrected chi connectivity index (χ1v) is 7.07. The zero-order valence-corrected chi connectivity index (χ0v) is 12.7. The summed E-state index contributed by atoms with van der Waals surface area (Å²) in [5, 5.41) is 4.59. The molecule has 0 bridgehead atoms. The monoisotopic (exact) mass is 340 g/mol. The van der Waals surface area contributed by atoms with Crippen LogP contribution in [-0.2, 0) is 22.2 Å². The van der Waals surface area contributed by atoms with Gasteiger partial charge < -0.3 is 15.1 Å². The van der Waals surface area contributed by atoms with Crippen LogP contribution >= 0.6 is 0 Å². The van der Waals surface area contributed by atoms with E-state index in [2.05, 4.69) is 10.6 Å². The summed E-state index contributed by atoms with van der Waals surface area (Å²) in [5.41, 5.74) is -1.02. The Bertz CT molecular complexity index is 712. The van der Waals surface area contributed by atoms with Crippen LogP contribution in [0.5, 0.6) is 0 Å². The zero-order chi connectivity index (χ0) is 17.7. The average molecular weight is 340 g/mol. The molecule has 24 heavy (non-hydrogen) atoms. The van der Waals surface area contributed by atoms with Gasteiger partial charge in [-0.25, -0.2) is 0 Å². The predicted molar refractivity (Wildman–Crippen MR) is 80.1 cm³/mol. The summed E-state index contributed by atoms with van der Waals surface area (Å²) in [6.07, 6.45) is -2.65. The number of halogens is 3. The van der Waals surface area contributed by atoms with E-state index in [0.29, 0.717) is 12.2 Å². The number of rotatable bonds is 4. The normalized spacial score (nSPS) is 12.5. The number of alkyl halides is 3. The quantitative estimate of drug-likeness (QED) is 0.841. The first kappa shape index (κ1) is 17.6. The standard InChI is InChI=1S/C16H15F3N2O3/c1-10(8-13-6-3-7-24-13)20-14(22)15(23)21-12-5-2-4-11(9-12)16(17,18)19/h2-7,9-10H,8H2,1H3,(H,20,22)(H,21,23)/t10-/m0/s1. The molecule has 1 atom stereocenters. The van der Waals surface area contributed by atoms with Gasteiger partial charge in [0.1, 0.15) is 5.76 Å². The van der Waals surface area contributed by atoms with E-state index in [1.54, 1.807) is 19.1 Å². The van der Waals surface area contributed by atoms with E-state index in [1.165, 1.54) is 12.3 Å². The van der Waals surface area contributed by atoms with E-state index >= 15 is 0 Å². The van der Waals surface area contributed by atoms with E-state index in [-0.39, 0.29) is 11.7 Å². The third-order valence-corrected chi connectivity index (χ3v) is 3.12. The Labute approximate surface area is 135 Å². The highest BCUT2D eigenvalue weighted by atomic mass is 19.4. The van der Waals surface area contributed by atoms with Crippen LogP contribution in [0.1, 0.15) is 18.2 Å². The molecular formula is C16H15F3N2O3. The molecule has 0 fully saturated rings. The summed E-state index contributed by atoms with van der Waals surface area (Å²) in [6, 6.07) is 7.10. The Balaban J connectivity index is 1.93. The van der Waals surface area contributed by atoms with Crippen LogP contribution in [0.2, 0.25) is 0 Å². The first-order chi connectivity index (χ1) is 11.3. The lowest BCUT2D eigenvalue weighted by atomic mass is 10.2. The first-order valence-electron chi connectivity index (χ1n) is 7.07. The van der Waals surface area contributed by atoms with Crippen molar-refractivity contribution in [1.82, 2.24) is 5.32 Å². The minimum atomic E-state index is -4.53. The van der Waals surface area contributed by atoms with E-state index in [0.717, 1.165) is 18.2 Å². The van der Waals surface area contributed by atoms with Crippen molar-refractivity contribution in [2.24, 2.45) is 0 Å². The molecule has 8 heteroatoms. The molecule has 0 aliphatic carbocycles. The lowest BCUT2D eigenvalue weighted by molar-refractivity contribution is -0.137. The van der Waals surface area contributed by atoms with Crippen molar-refractivity contribution >= 4 is 17.5 Å². The Morgan fingerprint density at radius 3 is 2.54 bits per heavy atom. The summed E-state index contributed by atoms with van der Waals surface area (Å²) in [5.74, 6) is -1.34. The van der Waals surface area contributed by atoms with Crippen LogP contribution in [0.25, 0.3) is 0 Å².